The molecule has 1 aromatic heterocycles. The van der Waals surface area contributed by atoms with Gasteiger partial charge in [0.1, 0.15) is 23.9 Å². The molecular formula is C21H19NO6. The number of anilines is 1. The maximum Gasteiger partial charge on any atom is 0.371 e. The van der Waals surface area contributed by atoms with E-state index in [0.717, 1.165) is 0 Å². The second-order valence-corrected chi connectivity index (χ2v) is 5.99. The summed E-state index contributed by atoms with van der Waals surface area (Å²) >= 11 is 0. The van der Waals surface area contributed by atoms with Crippen molar-refractivity contribution in [3.63, 3.8) is 0 Å². The largest absolute Gasteiger partial charge is 0.497 e. The molecule has 0 unspecified atom stereocenters. The topological polar surface area (TPSA) is 98.0 Å². The molecule has 3 aromatic rings. The molecule has 0 radical (unpaired) electrons. The first-order valence-corrected chi connectivity index (χ1v) is 8.47. The van der Waals surface area contributed by atoms with Gasteiger partial charge in [0, 0.05) is 16.8 Å². The molecule has 0 saturated heterocycles. The zero-order valence-electron chi connectivity index (χ0n) is 15.4. The van der Waals surface area contributed by atoms with Crippen LogP contribution in [0.15, 0.2) is 59.0 Å². The van der Waals surface area contributed by atoms with Gasteiger partial charge in [-0.1, -0.05) is 0 Å². The molecule has 0 aliphatic carbocycles. The van der Waals surface area contributed by atoms with E-state index in [2.05, 4.69) is 5.32 Å². The summed E-state index contributed by atoms with van der Waals surface area (Å²) in [7, 11) is 1.58. The van der Waals surface area contributed by atoms with E-state index in [-0.39, 0.29) is 18.3 Å². The van der Waals surface area contributed by atoms with Crippen LogP contribution in [0.4, 0.5) is 5.69 Å². The van der Waals surface area contributed by atoms with Crippen molar-refractivity contribution >= 4 is 17.6 Å². The molecule has 2 aromatic carbocycles. The Balaban J connectivity index is 1.59. The third kappa shape index (κ3) is 4.50. The molecule has 7 heteroatoms. The smallest absolute Gasteiger partial charge is 0.371 e. The molecular weight excluding hydrogens is 362 g/mol. The summed E-state index contributed by atoms with van der Waals surface area (Å²) in [5.41, 5.74) is 1.80. The number of benzene rings is 2. The highest BCUT2D eigenvalue weighted by Gasteiger charge is 2.13. The number of carbonyl (C=O) groups excluding carboxylic acids is 1. The molecule has 0 fully saturated rings. The van der Waals surface area contributed by atoms with Crippen LogP contribution < -0.4 is 14.8 Å². The van der Waals surface area contributed by atoms with Crippen LogP contribution in [0.1, 0.15) is 32.2 Å². The van der Waals surface area contributed by atoms with Crippen molar-refractivity contribution < 1.29 is 28.6 Å². The van der Waals surface area contributed by atoms with Gasteiger partial charge in [-0.3, -0.25) is 4.79 Å². The Labute approximate surface area is 161 Å². The maximum atomic E-state index is 12.3. The number of hydrogen-bond acceptors (Lipinski definition) is 5. The van der Waals surface area contributed by atoms with Gasteiger partial charge in [-0.25, -0.2) is 4.79 Å². The van der Waals surface area contributed by atoms with E-state index in [0.29, 0.717) is 34.1 Å². The standard InChI is InChI=1S/C21H19NO6/c1-13-15(11-19(28-13)21(24)25)12-27-18-7-3-14(4-8-18)20(23)22-16-5-9-17(26-2)10-6-16/h3-11H,12H2,1-2H3,(H,22,23)(H,24,25). The molecule has 1 amide bonds. The number of methoxy groups -OCH3 is 1. The zero-order valence-corrected chi connectivity index (χ0v) is 15.4. The van der Waals surface area contributed by atoms with Crippen molar-refractivity contribution in [2.75, 3.05) is 12.4 Å². The highest BCUT2D eigenvalue weighted by Crippen LogP contribution is 2.20. The molecule has 7 nitrogen and oxygen atoms in total. The number of nitrogens with one attached hydrogen (secondary N) is 1. The van der Waals surface area contributed by atoms with E-state index < -0.39 is 5.97 Å². The lowest BCUT2D eigenvalue weighted by atomic mass is 10.2. The number of hydrogen-bond donors (Lipinski definition) is 2. The molecule has 0 spiro atoms. The number of ether oxygens (including phenoxy) is 2. The molecule has 28 heavy (non-hydrogen) atoms. The number of rotatable bonds is 7. The summed E-state index contributed by atoms with van der Waals surface area (Å²) < 4.78 is 15.9. The van der Waals surface area contributed by atoms with Crippen molar-refractivity contribution in [1.29, 1.82) is 0 Å². The van der Waals surface area contributed by atoms with Crippen LogP contribution in [-0.4, -0.2) is 24.1 Å². The minimum atomic E-state index is -1.12. The first-order valence-electron chi connectivity index (χ1n) is 8.47. The molecule has 0 saturated carbocycles. The lowest BCUT2D eigenvalue weighted by Gasteiger charge is -2.08. The quantitative estimate of drug-likeness (QED) is 0.639. The molecule has 0 bridgehead atoms. The van der Waals surface area contributed by atoms with Gasteiger partial charge in [0.25, 0.3) is 5.91 Å². The normalized spacial score (nSPS) is 10.4. The number of furan rings is 1. The van der Waals surface area contributed by atoms with Crippen LogP contribution in [0, 0.1) is 6.92 Å². The second-order valence-electron chi connectivity index (χ2n) is 5.99. The number of aryl methyl sites for hydroxylation is 1. The zero-order chi connectivity index (χ0) is 20.1. The fourth-order valence-electron chi connectivity index (χ4n) is 2.51. The van der Waals surface area contributed by atoms with E-state index in [1.54, 1.807) is 62.6 Å². The molecule has 0 aliphatic rings. The predicted octanol–water partition coefficient (Wildman–Crippen LogP) is 4.13. The number of aromatic carboxylic acids is 1. The number of carbonyl (C=O) groups is 2. The van der Waals surface area contributed by atoms with E-state index in [9.17, 15) is 9.59 Å². The Morgan fingerprint density at radius 3 is 2.25 bits per heavy atom. The fourth-order valence-corrected chi connectivity index (χ4v) is 2.51. The van der Waals surface area contributed by atoms with E-state index in [1.807, 2.05) is 0 Å². The lowest BCUT2D eigenvalue weighted by molar-refractivity contribution is 0.0660. The van der Waals surface area contributed by atoms with Crippen LogP contribution in [0.2, 0.25) is 0 Å². The van der Waals surface area contributed by atoms with Crippen molar-refractivity contribution in [3.8, 4) is 11.5 Å². The van der Waals surface area contributed by atoms with Crippen molar-refractivity contribution in [2.24, 2.45) is 0 Å². The summed E-state index contributed by atoms with van der Waals surface area (Å²) in [5.74, 6) is 0.269. The Bertz CT molecular complexity index is 973. The van der Waals surface area contributed by atoms with Crippen molar-refractivity contribution in [2.45, 2.75) is 13.5 Å². The average Bonchev–Trinajstić information content (AvgIpc) is 3.08. The summed E-state index contributed by atoms with van der Waals surface area (Å²) in [6, 6.07) is 15.1. The molecule has 1 heterocycles. The minimum absolute atomic E-state index is 0.123. The first-order chi connectivity index (χ1) is 13.5. The Morgan fingerprint density at radius 2 is 1.68 bits per heavy atom. The third-order valence-corrected chi connectivity index (χ3v) is 4.09. The maximum absolute atomic E-state index is 12.3. The lowest BCUT2D eigenvalue weighted by Crippen LogP contribution is -2.11. The van der Waals surface area contributed by atoms with Crippen LogP contribution in [0.5, 0.6) is 11.5 Å². The molecule has 144 valence electrons. The Kier molecular flexibility index (Phi) is 5.64. The van der Waals surface area contributed by atoms with E-state index in [1.165, 1.54) is 6.07 Å². The van der Waals surface area contributed by atoms with Crippen molar-refractivity contribution in [3.05, 3.63) is 77.2 Å². The predicted molar refractivity (Wildman–Crippen MR) is 102 cm³/mol. The molecule has 3 rings (SSSR count). The summed E-state index contributed by atoms with van der Waals surface area (Å²) in [5, 5.41) is 11.7. The van der Waals surface area contributed by atoms with Crippen LogP contribution >= 0.6 is 0 Å². The third-order valence-electron chi connectivity index (χ3n) is 4.09. The van der Waals surface area contributed by atoms with Gasteiger partial charge in [-0.2, -0.15) is 0 Å². The van der Waals surface area contributed by atoms with Crippen LogP contribution in [0.3, 0.4) is 0 Å². The van der Waals surface area contributed by atoms with Gasteiger partial charge in [0.15, 0.2) is 0 Å². The molecule has 0 aliphatic heterocycles. The van der Waals surface area contributed by atoms with Crippen LogP contribution in [-0.2, 0) is 6.61 Å². The van der Waals surface area contributed by atoms with Gasteiger partial charge in [-0.15, -0.1) is 0 Å². The number of carboxylic acid groups (broad SMARTS) is 1. The van der Waals surface area contributed by atoms with E-state index in [4.69, 9.17) is 19.0 Å². The molecule has 0 atom stereocenters. The molecule has 2 N–H and O–H groups in total. The van der Waals surface area contributed by atoms with Gasteiger partial charge < -0.3 is 24.3 Å². The van der Waals surface area contributed by atoms with Gasteiger partial charge >= 0.3 is 5.97 Å². The Hall–Kier alpha value is -3.74. The van der Waals surface area contributed by atoms with Crippen LogP contribution in [0.25, 0.3) is 0 Å². The van der Waals surface area contributed by atoms with Crippen molar-refractivity contribution in [1.82, 2.24) is 0 Å². The fraction of sp³-hybridized carbons (Fsp3) is 0.143. The highest BCUT2D eigenvalue weighted by molar-refractivity contribution is 6.04. The second kappa shape index (κ2) is 8.30. The van der Waals surface area contributed by atoms with Gasteiger partial charge in [0.05, 0.1) is 7.11 Å². The summed E-state index contributed by atoms with van der Waals surface area (Å²) in [6.45, 7) is 1.84. The summed E-state index contributed by atoms with van der Waals surface area (Å²) in [6.07, 6.45) is 0. The first kappa shape index (κ1) is 19.0. The number of amides is 1. The van der Waals surface area contributed by atoms with E-state index >= 15 is 0 Å². The SMILES string of the molecule is COc1ccc(NC(=O)c2ccc(OCc3cc(C(=O)O)oc3C)cc2)cc1. The highest BCUT2D eigenvalue weighted by atomic mass is 16.5. The summed E-state index contributed by atoms with van der Waals surface area (Å²) in [4.78, 5) is 23.2. The Morgan fingerprint density at radius 1 is 1.04 bits per heavy atom. The average molecular weight is 381 g/mol. The minimum Gasteiger partial charge on any atom is -0.497 e. The van der Waals surface area contributed by atoms with Gasteiger partial charge in [-0.05, 0) is 61.5 Å². The van der Waals surface area contributed by atoms with Gasteiger partial charge in [0.2, 0.25) is 5.76 Å². The number of carboxylic acids is 1. The monoisotopic (exact) mass is 381 g/mol.